The fourth-order valence-electron chi connectivity index (χ4n) is 1.55. The SMILES string of the molecule is Brc1ccc(-c2cn(Cc3cnns3)nn2)cc1. The van der Waals surface area contributed by atoms with Crippen molar-refractivity contribution in [3.8, 4) is 11.3 Å². The Balaban J connectivity index is 1.83. The van der Waals surface area contributed by atoms with Crippen LogP contribution in [-0.4, -0.2) is 24.6 Å². The van der Waals surface area contributed by atoms with Crippen LogP contribution in [0.1, 0.15) is 4.88 Å². The van der Waals surface area contributed by atoms with Crippen molar-refractivity contribution in [1.29, 1.82) is 0 Å². The highest BCUT2D eigenvalue weighted by Gasteiger charge is 2.05. The third kappa shape index (κ3) is 2.46. The fraction of sp³-hybridized carbons (Fsp3) is 0.0909. The van der Waals surface area contributed by atoms with Crippen molar-refractivity contribution in [1.82, 2.24) is 24.6 Å². The first-order chi connectivity index (χ1) is 8.81. The van der Waals surface area contributed by atoms with E-state index in [4.69, 9.17) is 0 Å². The highest BCUT2D eigenvalue weighted by atomic mass is 79.9. The van der Waals surface area contributed by atoms with E-state index in [0.717, 1.165) is 20.6 Å². The van der Waals surface area contributed by atoms with Gasteiger partial charge in [-0.2, -0.15) is 0 Å². The van der Waals surface area contributed by atoms with Crippen LogP contribution < -0.4 is 0 Å². The van der Waals surface area contributed by atoms with Crippen molar-refractivity contribution in [2.45, 2.75) is 6.54 Å². The van der Waals surface area contributed by atoms with Gasteiger partial charge in [0.05, 0.1) is 23.8 Å². The molecule has 1 aromatic carbocycles. The molecule has 90 valence electrons. The molecule has 0 aliphatic carbocycles. The Bertz CT molecular complexity index is 632. The molecule has 0 bridgehead atoms. The molecule has 0 saturated carbocycles. The zero-order valence-corrected chi connectivity index (χ0v) is 11.6. The molecule has 0 fully saturated rings. The number of nitrogens with zero attached hydrogens (tertiary/aromatic N) is 5. The molecular weight excluding hydrogens is 314 g/mol. The zero-order valence-electron chi connectivity index (χ0n) is 9.19. The summed E-state index contributed by atoms with van der Waals surface area (Å²) in [4.78, 5) is 1.06. The Hall–Kier alpha value is -1.60. The first-order valence-corrected chi connectivity index (χ1v) is 6.80. The van der Waals surface area contributed by atoms with E-state index in [-0.39, 0.29) is 0 Å². The molecule has 5 nitrogen and oxygen atoms in total. The van der Waals surface area contributed by atoms with Crippen LogP contribution in [0.2, 0.25) is 0 Å². The quantitative estimate of drug-likeness (QED) is 0.744. The summed E-state index contributed by atoms with van der Waals surface area (Å²) in [5.74, 6) is 0. The lowest BCUT2D eigenvalue weighted by atomic mass is 10.2. The molecule has 0 saturated heterocycles. The Labute approximate surface area is 116 Å². The highest BCUT2D eigenvalue weighted by molar-refractivity contribution is 9.10. The lowest BCUT2D eigenvalue weighted by Gasteiger charge is -1.95. The van der Waals surface area contributed by atoms with Crippen molar-refractivity contribution in [3.05, 3.63) is 46.0 Å². The van der Waals surface area contributed by atoms with Crippen molar-refractivity contribution in [2.24, 2.45) is 0 Å². The molecule has 2 aromatic heterocycles. The van der Waals surface area contributed by atoms with Crippen LogP contribution in [0.5, 0.6) is 0 Å². The van der Waals surface area contributed by atoms with E-state index in [1.165, 1.54) is 11.5 Å². The van der Waals surface area contributed by atoms with Crippen LogP contribution >= 0.6 is 27.5 Å². The second kappa shape index (κ2) is 4.95. The van der Waals surface area contributed by atoms with Crippen molar-refractivity contribution < 1.29 is 0 Å². The van der Waals surface area contributed by atoms with Gasteiger partial charge in [-0.1, -0.05) is 37.8 Å². The molecule has 3 aromatic rings. The van der Waals surface area contributed by atoms with Gasteiger partial charge in [0, 0.05) is 10.0 Å². The van der Waals surface area contributed by atoms with Gasteiger partial charge in [-0.15, -0.1) is 10.2 Å². The maximum atomic E-state index is 4.16. The van der Waals surface area contributed by atoms with Crippen LogP contribution in [0.4, 0.5) is 0 Å². The van der Waals surface area contributed by atoms with Gasteiger partial charge in [0.25, 0.3) is 0 Å². The van der Waals surface area contributed by atoms with Crippen molar-refractivity contribution in [2.75, 3.05) is 0 Å². The lowest BCUT2D eigenvalue weighted by Crippen LogP contribution is -1.98. The molecule has 7 heteroatoms. The van der Waals surface area contributed by atoms with Crippen LogP contribution in [-0.2, 0) is 6.54 Å². The van der Waals surface area contributed by atoms with E-state index in [9.17, 15) is 0 Å². The van der Waals surface area contributed by atoms with E-state index in [1.54, 1.807) is 10.9 Å². The van der Waals surface area contributed by atoms with Gasteiger partial charge in [-0.05, 0) is 23.7 Å². The number of hydrogen-bond acceptors (Lipinski definition) is 5. The van der Waals surface area contributed by atoms with Crippen LogP contribution in [0.15, 0.2) is 41.1 Å². The Morgan fingerprint density at radius 3 is 2.78 bits per heavy atom. The molecule has 3 rings (SSSR count). The Morgan fingerprint density at radius 2 is 2.06 bits per heavy atom. The fourth-order valence-corrected chi connectivity index (χ4v) is 2.29. The standard InChI is InChI=1S/C11H8BrN5S/c12-9-3-1-8(2-4-9)11-7-17(15-14-11)6-10-5-13-16-18-10/h1-5,7H,6H2. The van der Waals surface area contributed by atoms with E-state index < -0.39 is 0 Å². The van der Waals surface area contributed by atoms with Gasteiger partial charge in [0.1, 0.15) is 5.69 Å². The van der Waals surface area contributed by atoms with E-state index in [1.807, 2.05) is 30.5 Å². The van der Waals surface area contributed by atoms with Gasteiger partial charge in [0.15, 0.2) is 0 Å². The number of halogens is 1. The largest absolute Gasteiger partial charge is 0.247 e. The summed E-state index contributed by atoms with van der Waals surface area (Å²) in [7, 11) is 0. The monoisotopic (exact) mass is 321 g/mol. The average Bonchev–Trinajstić information content (AvgIpc) is 3.02. The van der Waals surface area contributed by atoms with Crippen LogP contribution in [0, 0.1) is 0 Å². The van der Waals surface area contributed by atoms with Gasteiger partial charge in [-0.3, -0.25) is 0 Å². The minimum Gasteiger partial charge on any atom is -0.247 e. The second-order valence-corrected chi connectivity index (χ2v) is 5.48. The number of hydrogen-bond donors (Lipinski definition) is 0. The van der Waals surface area contributed by atoms with Crippen LogP contribution in [0.25, 0.3) is 11.3 Å². The number of rotatable bonds is 3. The molecule has 0 atom stereocenters. The second-order valence-electron chi connectivity index (χ2n) is 3.69. The highest BCUT2D eigenvalue weighted by Crippen LogP contribution is 2.19. The summed E-state index contributed by atoms with van der Waals surface area (Å²) >= 11 is 4.78. The lowest BCUT2D eigenvalue weighted by molar-refractivity contribution is 0.655. The average molecular weight is 322 g/mol. The van der Waals surface area contributed by atoms with Crippen molar-refractivity contribution in [3.63, 3.8) is 0 Å². The molecule has 0 amide bonds. The van der Waals surface area contributed by atoms with E-state index in [2.05, 4.69) is 35.8 Å². The molecule has 0 aliphatic rings. The Morgan fingerprint density at radius 1 is 1.22 bits per heavy atom. The molecule has 2 heterocycles. The molecule has 0 aliphatic heterocycles. The number of aromatic nitrogens is 5. The summed E-state index contributed by atoms with van der Waals surface area (Å²) in [6.45, 7) is 0.654. The van der Waals surface area contributed by atoms with Gasteiger partial charge in [-0.25, -0.2) is 4.68 Å². The predicted octanol–water partition coefficient (Wildman–Crippen LogP) is 2.61. The van der Waals surface area contributed by atoms with Gasteiger partial charge < -0.3 is 0 Å². The molecule has 18 heavy (non-hydrogen) atoms. The van der Waals surface area contributed by atoms with Crippen LogP contribution in [0.3, 0.4) is 0 Å². The third-order valence-electron chi connectivity index (χ3n) is 2.40. The maximum Gasteiger partial charge on any atom is 0.113 e. The first-order valence-electron chi connectivity index (χ1n) is 5.23. The van der Waals surface area contributed by atoms with Gasteiger partial charge in [0.2, 0.25) is 0 Å². The summed E-state index contributed by atoms with van der Waals surface area (Å²) in [6, 6.07) is 7.99. The summed E-state index contributed by atoms with van der Waals surface area (Å²) in [5, 5.41) is 12.0. The number of benzene rings is 1. The molecule has 0 unspecified atom stereocenters. The minimum absolute atomic E-state index is 0.654. The zero-order chi connectivity index (χ0) is 12.4. The summed E-state index contributed by atoms with van der Waals surface area (Å²) in [5.41, 5.74) is 1.91. The smallest absolute Gasteiger partial charge is 0.113 e. The predicted molar refractivity (Wildman–Crippen MR) is 72.2 cm³/mol. The first kappa shape index (κ1) is 11.5. The van der Waals surface area contributed by atoms with E-state index >= 15 is 0 Å². The molecule has 0 radical (unpaired) electrons. The maximum absolute atomic E-state index is 4.16. The molecule has 0 N–H and O–H groups in total. The third-order valence-corrected chi connectivity index (χ3v) is 3.58. The summed E-state index contributed by atoms with van der Waals surface area (Å²) < 4.78 is 6.65. The summed E-state index contributed by atoms with van der Waals surface area (Å²) in [6.07, 6.45) is 3.66. The normalized spacial score (nSPS) is 10.7. The van der Waals surface area contributed by atoms with Gasteiger partial charge >= 0.3 is 0 Å². The minimum atomic E-state index is 0.654. The van der Waals surface area contributed by atoms with Crippen molar-refractivity contribution >= 4 is 27.5 Å². The molecule has 0 spiro atoms. The molecular formula is C11H8BrN5S. The topological polar surface area (TPSA) is 56.5 Å². The Kier molecular flexibility index (Phi) is 3.16. The van der Waals surface area contributed by atoms with E-state index in [0.29, 0.717) is 6.54 Å².